The van der Waals surface area contributed by atoms with E-state index >= 15 is 0 Å². The summed E-state index contributed by atoms with van der Waals surface area (Å²) in [5.41, 5.74) is 1.93. The molecule has 0 unspecified atom stereocenters. The van der Waals surface area contributed by atoms with E-state index in [0.717, 1.165) is 29.4 Å². The van der Waals surface area contributed by atoms with Crippen molar-refractivity contribution in [2.24, 2.45) is 0 Å². The van der Waals surface area contributed by atoms with Gasteiger partial charge in [0.05, 0.1) is 0 Å². The molecule has 1 saturated carbocycles. The maximum atomic E-state index is 12.6. The van der Waals surface area contributed by atoms with Crippen molar-refractivity contribution in [3.8, 4) is 0 Å². The zero-order chi connectivity index (χ0) is 13.0. The number of benzene rings is 1. The van der Waals surface area contributed by atoms with E-state index in [1.54, 1.807) is 0 Å². The number of hydrogen-bond donors (Lipinski definition) is 0. The molecule has 0 N–H and O–H groups in total. The van der Waals surface area contributed by atoms with Crippen LogP contribution in [0.3, 0.4) is 0 Å². The average molecular weight is 310 g/mol. The summed E-state index contributed by atoms with van der Waals surface area (Å²) in [7, 11) is 0. The third-order valence-corrected chi connectivity index (χ3v) is 4.25. The van der Waals surface area contributed by atoms with Gasteiger partial charge in [-0.2, -0.15) is 0 Å². The van der Waals surface area contributed by atoms with Crippen LogP contribution < -0.4 is 0 Å². The van der Waals surface area contributed by atoms with Crippen LogP contribution in [0.2, 0.25) is 0 Å². The monoisotopic (exact) mass is 309 g/mol. The van der Waals surface area contributed by atoms with Gasteiger partial charge in [-0.05, 0) is 44.2 Å². The highest BCUT2D eigenvalue weighted by molar-refractivity contribution is 9.09. The second-order valence-corrected chi connectivity index (χ2v) is 5.73. The fraction of sp³-hybridized carbons (Fsp3) is 0.533. The van der Waals surface area contributed by atoms with Gasteiger partial charge < -0.3 is 4.90 Å². The van der Waals surface area contributed by atoms with Crippen molar-refractivity contribution < 1.29 is 4.79 Å². The van der Waals surface area contributed by atoms with E-state index in [1.165, 1.54) is 19.3 Å². The fourth-order valence-electron chi connectivity index (χ4n) is 2.35. The van der Waals surface area contributed by atoms with Crippen LogP contribution in [0.4, 0.5) is 0 Å². The fourth-order valence-corrected chi connectivity index (χ4v) is 2.60. The summed E-state index contributed by atoms with van der Waals surface area (Å²) in [6.45, 7) is 2.87. The quantitative estimate of drug-likeness (QED) is 0.758. The third-order valence-electron chi connectivity index (χ3n) is 3.68. The molecular formula is C15H20BrNO. The Balaban J connectivity index is 2.14. The summed E-state index contributed by atoms with van der Waals surface area (Å²) in [5, 5.41) is 0.956. The molecule has 1 aliphatic carbocycles. The SMILES string of the molecule is Cc1ccccc1C(=O)N(CCCBr)C1CCC1. The zero-order valence-electron chi connectivity index (χ0n) is 10.9. The standard InChI is InChI=1S/C15H20BrNO/c1-12-6-2-3-9-14(12)15(18)17(11-5-10-16)13-7-4-8-13/h2-3,6,9,13H,4-5,7-8,10-11H2,1H3. The Hall–Kier alpha value is -0.830. The lowest BCUT2D eigenvalue weighted by molar-refractivity contribution is 0.0580. The number of hydrogen-bond acceptors (Lipinski definition) is 1. The smallest absolute Gasteiger partial charge is 0.254 e. The Morgan fingerprint density at radius 2 is 2.11 bits per heavy atom. The molecule has 0 aliphatic heterocycles. The van der Waals surface area contributed by atoms with E-state index in [2.05, 4.69) is 20.8 Å². The molecule has 2 rings (SSSR count). The topological polar surface area (TPSA) is 20.3 Å². The zero-order valence-corrected chi connectivity index (χ0v) is 12.4. The van der Waals surface area contributed by atoms with Gasteiger partial charge in [-0.25, -0.2) is 0 Å². The number of aryl methyl sites for hydroxylation is 1. The number of amides is 1. The first-order valence-electron chi connectivity index (χ1n) is 6.66. The maximum Gasteiger partial charge on any atom is 0.254 e. The van der Waals surface area contributed by atoms with Crippen LogP contribution in [-0.4, -0.2) is 28.7 Å². The Morgan fingerprint density at radius 3 is 2.67 bits per heavy atom. The summed E-state index contributed by atoms with van der Waals surface area (Å²) < 4.78 is 0. The largest absolute Gasteiger partial charge is 0.336 e. The van der Waals surface area contributed by atoms with Gasteiger partial charge in [-0.1, -0.05) is 34.1 Å². The Labute approximate surface area is 117 Å². The number of rotatable bonds is 5. The van der Waals surface area contributed by atoms with Crippen molar-refractivity contribution in [3.63, 3.8) is 0 Å². The summed E-state index contributed by atoms with van der Waals surface area (Å²) in [6, 6.07) is 8.35. The number of halogens is 1. The molecule has 3 heteroatoms. The van der Waals surface area contributed by atoms with Gasteiger partial charge in [-0.3, -0.25) is 4.79 Å². The predicted molar refractivity (Wildman–Crippen MR) is 78.3 cm³/mol. The van der Waals surface area contributed by atoms with Crippen molar-refractivity contribution in [2.45, 2.75) is 38.6 Å². The summed E-state index contributed by atoms with van der Waals surface area (Å²) in [6.07, 6.45) is 4.62. The van der Waals surface area contributed by atoms with Crippen LogP contribution in [-0.2, 0) is 0 Å². The van der Waals surface area contributed by atoms with Gasteiger partial charge in [0.1, 0.15) is 0 Å². The molecule has 0 spiro atoms. The molecule has 1 amide bonds. The first-order valence-corrected chi connectivity index (χ1v) is 7.78. The summed E-state index contributed by atoms with van der Waals surface area (Å²) in [5.74, 6) is 0.207. The lowest BCUT2D eigenvalue weighted by atomic mass is 9.90. The van der Waals surface area contributed by atoms with Crippen molar-refractivity contribution in [1.29, 1.82) is 0 Å². The molecule has 2 nitrogen and oxygen atoms in total. The van der Waals surface area contributed by atoms with Gasteiger partial charge in [0.25, 0.3) is 5.91 Å². The molecule has 1 fully saturated rings. The van der Waals surface area contributed by atoms with Crippen molar-refractivity contribution in [3.05, 3.63) is 35.4 Å². The van der Waals surface area contributed by atoms with E-state index in [9.17, 15) is 4.79 Å². The second kappa shape index (κ2) is 6.37. The number of carbonyl (C=O) groups is 1. The maximum absolute atomic E-state index is 12.6. The van der Waals surface area contributed by atoms with Gasteiger partial charge in [0.2, 0.25) is 0 Å². The second-order valence-electron chi connectivity index (χ2n) is 4.94. The van der Waals surface area contributed by atoms with E-state index in [0.29, 0.717) is 6.04 Å². The molecule has 1 aliphatic rings. The molecule has 0 aromatic heterocycles. The van der Waals surface area contributed by atoms with Gasteiger partial charge in [0.15, 0.2) is 0 Å². The minimum Gasteiger partial charge on any atom is -0.336 e. The van der Waals surface area contributed by atoms with Crippen molar-refractivity contribution in [1.82, 2.24) is 4.90 Å². The highest BCUT2D eigenvalue weighted by Gasteiger charge is 2.29. The number of carbonyl (C=O) groups excluding carboxylic acids is 1. The van der Waals surface area contributed by atoms with E-state index in [4.69, 9.17) is 0 Å². The molecule has 0 bridgehead atoms. The molecular weight excluding hydrogens is 290 g/mol. The minimum atomic E-state index is 0.207. The summed E-state index contributed by atoms with van der Waals surface area (Å²) in [4.78, 5) is 14.7. The predicted octanol–water partition coefficient (Wildman–Crippen LogP) is 3.77. The lowest BCUT2D eigenvalue weighted by Crippen LogP contribution is -2.45. The van der Waals surface area contributed by atoms with Crippen LogP contribution in [0.15, 0.2) is 24.3 Å². The molecule has 0 atom stereocenters. The van der Waals surface area contributed by atoms with Gasteiger partial charge in [0, 0.05) is 23.5 Å². The average Bonchev–Trinajstić information content (AvgIpc) is 2.32. The molecule has 0 heterocycles. The number of nitrogens with zero attached hydrogens (tertiary/aromatic N) is 1. The van der Waals surface area contributed by atoms with E-state index in [1.807, 2.05) is 31.2 Å². The Kier molecular flexibility index (Phi) is 4.81. The molecule has 0 radical (unpaired) electrons. The molecule has 98 valence electrons. The molecule has 1 aromatic rings. The highest BCUT2D eigenvalue weighted by Crippen LogP contribution is 2.27. The van der Waals surface area contributed by atoms with E-state index < -0.39 is 0 Å². The van der Waals surface area contributed by atoms with Crippen LogP contribution in [0.1, 0.15) is 41.6 Å². The minimum absolute atomic E-state index is 0.207. The third kappa shape index (κ3) is 2.94. The van der Waals surface area contributed by atoms with Gasteiger partial charge >= 0.3 is 0 Å². The Morgan fingerprint density at radius 1 is 1.39 bits per heavy atom. The first-order chi connectivity index (χ1) is 8.74. The normalized spacial score (nSPS) is 15.2. The van der Waals surface area contributed by atoms with Crippen molar-refractivity contribution in [2.75, 3.05) is 11.9 Å². The molecule has 0 saturated heterocycles. The van der Waals surface area contributed by atoms with Crippen LogP contribution in [0, 0.1) is 6.92 Å². The number of alkyl halides is 1. The van der Waals surface area contributed by atoms with Gasteiger partial charge in [-0.15, -0.1) is 0 Å². The highest BCUT2D eigenvalue weighted by atomic mass is 79.9. The summed E-state index contributed by atoms with van der Waals surface area (Å²) >= 11 is 3.45. The van der Waals surface area contributed by atoms with Crippen LogP contribution in [0.25, 0.3) is 0 Å². The van der Waals surface area contributed by atoms with E-state index in [-0.39, 0.29) is 5.91 Å². The lowest BCUT2D eigenvalue weighted by Gasteiger charge is -2.38. The van der Waals surface area contributed by atoms with Crippen LogP contribution >= 0.6 is 15.9 Å². The molecule has 1 aromatic carbocycles. The van der Waals surface area contributed by atoms with Crippen molar-refractivity contribution >= 4 is 21.8 Å². The molecule has 18 heavy (non-hydrogen) atoms. The first kappa shape index (κ1) is 13.6. The Bertz CT molecular complexity index is 415. The van der Waals surface area contributed by atoms with Crippen LogP contribution in [0.5, 0.6) is 0 Å².